The summed E-state index contributed by atoms with van der Waals surface area (Å²) in [6, 6.07) is 17.1. The topological polar surface area (TPSA) is 0 Å². The molecule has 0 aromatic heterocycles. The molecule has 0 heterocycles. The van der Waals surface area contributed by atoms with Gasteiger partial charge in [-0.1, -0.05) is 79.2 Å². The quantitative estimate of drug-likeness (QED) is 0.610. The highest BCUT2D eigenvalue weighted by molar-refractivity contribution is 5.68. The predicted octanol–water partition coefficient (Wildman–Crippen LogP) is 5.81. The molecule has 0 amide bonds. The molecule has 0 saturated carbocycles. The Hall–Kier alpha value is -2.08. The minimum absolute atomic E-state index is 1.04. The molecule has 0 heteroatoms. The van der Waals surface area contributed by atoms with E-state index in [-0.39, 0.29) is 0 Å². The standard InChI is InChI=1S/C20H22/c1-4-18(20-9-6-5-7-10-20)11-8-12-19-14-13-16(2)15-17(19)3/h5-15H,4H2,1-3H3. The second-order valence-electron chi connectivity index (χ2n) is 5.13. The van der Waals surface area contributed by atoms with Gasteiger partial charge in [0, 0.05) is 0 Å². The normalized spacial score (nSPS) is 12.1. The third-order valence-corrected chi connectivity index (χ3v) is 3.52. The molecule has 0 bridgehead atoms. The van der Waals surface area contributed by atoms with Crippen molar-refractivity contribution in [1.29, 1.82) is 0 Å². The lowest BCUT2D eigenvalue weighted by molar-refractivity contribution is 1.24. The molecular weight excluding hydrogens is 240 g/mol. The van der Waals surface area contributed by atoms with Crippen LogP contribution in [0.25, 0.3) is 11.6 Å². The number of allylic oxidation sites excluding steroid dienone is 3. The van der Waals surface area contributed by atoms with Crippen LogP contribution in [0.2, 0.25) is 0 Å². The van der Waals surface area contributed by atoms with Crippen molar-refractivity contribution < 1.29 is 0 Å². The number of hydrogen-bond donors (Lipinski definition) is 0. The van der Waals surface area contributed by atoms with Crippen LogP contribution in [-0.2, 0) is 0 Å². The zero-order valence-corrected chi connectivity index (χ0v) is 12.6. The van der Waals surface area contributed by atoms with E-state index in [2.05, 4.69) is 87.5 Å². The molecule has 0 aliphatic rings. The van der Waals surface area contributed by atoms with Crippen LogP contribution in [0.5, 0.6) is 0 Å². The van der Waals surface area contributed by atoms with E-state index in [0.717, 1.165) is 6.42 Å². The van der Waals surface area contributed by atoms with Gasteiger partial charge in [-0.2, -0.15) is 0 Å². The van der Waals surface area contributed by atoms with Gasteiger partial charge in [-0.05, 0) is 42.5 Å². The lowest BCUT2D eigenvalue weighted by Crippen LogP contribution is -1.82. The largest absolute Gasteiger partial charge is 0.0622 e. The average Bonchev–Trinajstić information content (AvgIpc) is 2.46. The highest BCUT2D eigenvalue weighted by Gasteiger charge is 1.96. The van der Waals surface area contributed by atoms with Crippen molar-refractivity contribution >= 4 is 11.6 Å². The van der Waals surface area contributed by atoms with Crippen LogP contribution in [0, 0.1) is 13.8 Å². The maximum absolute atomic E-state index is 2.22. The Labute approximate surface area is 122 Å². The first-order chi connectivity index (χ1) is 9.70. The van der Waals surface area contributed by atoms with Crippen molar-refractivity contribution in [3.8, 4) is 0 Å². The molecule has 102 valence electrons. The molecule has 0 nitrogen and oxygen atoms in total. The van der Waals surface area contributed by atoms with Crippen molar-refractivity contribution in [3.05, 3.63) is 82.9 Å². The fourth-order valence-electron chi connectivity index (χ4n) is 2.35. The fraction of sp³-hybridized carbons (Fsp3) is 0.200. The van der Waals surface area contributed by atoms with Crippen LogP contribution in [0.1, 0.15) is 35.6 Å². The van der Waals surface area contributed by atoms with Gasteiger partial charge in [0.25, 0.3) is 0 Å². The van der Waals surface area contributed by atoms with E-state index in [1.165, 1.54) is 27.8 Å². The number of benzene rings is 2. The molecule has 0 aliphatic heterocycles. The molecule has 0 saturated heterocycles. The third-order valence-electron chi connectivity index (χ3n) is 3.52. The Kier molecular flexibility index (Phi) is 4.95. The lowest BCUT2D eigenvalue weighted by atomic mass is 10.0. The third kappa shape index (κ3) is 3.71. The summed E-state index contributed by atoms with van der Waals surface area (Å²) in [5.74, 6) is 0. The molecule has 2 rings (SSSR count). The summed E-state index contributed by atoms with van der Waals surface area (Å²) in [6.07, 6.45) is 7.60. The number of aryl methyl sites for hydroxylation is 2. The van der Waals surface area contributed by atoms with E-state index in [1.54, 1.807) is 0 Å². The van der Waals surface area contributed by atoms with Crippen LogP contribution >= 0.6 is 0 Å². The number of rotatable bonds is 4. The molecule has 2 aromatic carbocycles. The van der Waals surface area contributed by atoms with Crippen molar-refractivity contribution in [1.82, 2.24) is 0 Å². The molecule has 2 aromatic rings. The van der Waals surface area contributed by atoms with Gasteiger partial charge in [0.15, 0.2) is 0 Å². The maximum Gasteiger partial charge on any atom is -0.0225 e. The lowest BCUT2D eigenvalue weighted by Gasteiger charge is -2.03. The minimum atomic E-state index is 1.04. The Morgan fingerprint density at radius 2 is 1.75 bits per heavy atom. The van der Waals surface area contributed by atoms with Crippen LogP contribution in [0.3, 0.4) is 0 Å². The summed E-state index contributed by atoms with van der Waals surface area (Å²) in [5, 5.41) is 0. The van der Waals surface area contributed by atoms with Crippen molar-refractivity contribution in [3.63, 3.8) is 0 Å². The first kappa shape index (κ1) is 14.3. The monoisotopic (exact) mass is 262 g/mol. The van der Waals surface area contributed by atoms with Gasteiger partial charge >= 0.3 is 0 Å². The Morgan fingerprint density at radius 1 is 1.00 bits per heavy atom. The van der Waals surface area contributed by atoms with Gasteiger partial charge in [0.2, 0.25) is 0 Å². The molecule has 0 unspecified atom stereocenters. The van der Waals surface area contributed by atoms with Crippen LogP contribution in [0.15, 0.2) is 60.7 Å². The van der Waals surface area contributed by atoms with E-state index in [1.807, 2.05) is 0 Å². The average molecular weight is 262 g/mol. The molecule has 0 fully saturated rings. The summed E-state index contributed by atoms with van der Waals surface area (Å²) in [6.45, 7) is 6.49. The second kappa shape index (κ2) is 6.91. The summed E-state index contributed by atoms with van der Waals surface area (Å²) in [5.41, 5.74) is 6.60. The van der Waals surface area contributed by atoms with Gasteiger partial charge < -0.3 is 0 Å². The van der Waals surface area contributed by atoms with Crippen molar-refractivity contribution in [2.24, 2.45) is 0 Å². The van der Waals surface area contributed by atoms with Gasteiger partial charge in [-0.15, -0.1) is 0 Å². The van der Waals surface area contributed by atoms with Crippen molar-refractivity contribution in [2.45, 2.75) is 27.2 Å². The van der Waals surface area contributed by atoms with Crippen LogP contribution < -0.4 is 0 Å². The molecule has 0 aliphatic carbocycles. The van der Waals surface area contributed by atoms with Crippen LogP contribution in [0.4, 0.5) is 0 Å². The van der Waals surface area contributed by atoms with E-state index in [9.17, 15) is 0 Å². The molecule has 0 radical (unpaired) electrons. The first-order valence-electron chi connectivity index (χ1n) is 7.20. The highest BCUT2D eigenvalue weighted by Crippen LogP contribution is 2.18. The smallest absolute Gasteiger partial charge is 0.0225 e. The zero-order valence-electron chi connectivity index (χ0n) is 12.6. The van der Waals surface area contributed by atoms with Gasteiger partial charge in [-0.3, -0.25) is 0 Å². The molecular formula is C20H22. The first-order valence-corrected chi connectivity index (χ1v) is 7.20. The van der Waals surface area contributed by atoms with Gasteiger partial charge in [0.05, 0.1) is 0 Å². The minimum Gasteiger partial charge on any atom is -0.0622 e. The van der Waals surface area contributed by atoms with E-state index < -0.39 is 0 Å². The Balaban J connectivity index is 2.20. The summed E-state index contributed by atoms with van der Waals surface area (Å²) < 4.78 is 0. The van der Waals surface area contributed by atoms with Gasteiger partial charge in [0.1, 0.15) is 0 Å². The molecule has 0 spiro atoms. The molecule has 0 atom stereocenters. The Bertz CT molecular complexity index is 616. The zero-order chi connectivity index (χ0) is 14.4. The molecule has 0 N–H and O–H groups in total. The number of hydrogen-bond acceptors (Lipinski definition) is 0. The van der Waals surface area contributed by atoms with E-state index >= 15 is 0 Å². The Morgan fingerprint density at radius 3 is 2.40 bits per heavy atom. The van der Waals surface area contributed by atoms with E-state index in [4.69, 9.17) is 0 Å². The SMILES string of the molecule is CCC(=CC=Cc1ccc(C)cc1C)c1ccccc1. The second-order valence-corrected chi connectivity index (χ2v) is 5.13. The van der Waals surface area contributed by atoms with Crippen molar-refractivity contribution in [2.75, 3.05) is 0 Å². The highest BCUT2D eigenvalue weighted by atomic mass is 14.0. The summed E-state index contributed by atoms with van der Waals surface area (Å²) >= 11 is 0. The summed E-state index contributed by atoms with van der Waals surface area (Å²) in [7, 11) is 0. The van der Waals surface area contributed by atoms with E-state index in [0.29, 0.717) is 0 Å². The predicted molar refractivity (Wildman–Crippen MR) is 89.7 cm³/mol. The molecule has 20 heavy (non-hydrogen) atoms. The summed E-state index contributed by atoms with van der Waals surface area (Å²) in [4.78, 5) is 0. The van der Waals surface area contributed by atoms with Crippen LogP contribution in [-0.4, -0.2) is 0 Å². The fourth-order valence-corrected chi connectivity index (χ4v) is 2.35. The maximum atomic E-state index is 2.22. The van der Waals surface area contributed by atoms with Gasteiger partial charge in [-0.25, -0.2) is 0 Å².